The van der Waals surface area contributed by atoms with E-state index in [-0.39, 0.29) is 0 Å². The molecule has 0 heterocycles. The Morgan fingerprint density at radius 3 is 2.25 bits per heavy atom. The van der Waals surface area contributed by atoms with Gasteiger partial charge in [-0.3, -0.25) is 0 Å². The normalized spacial score (nSPS) is 11.3. The Morgan fingerprint density at radius 1 is 0.857 bits per heavy atom. The highest BCUT2D eigenvalue weighted by molar-refractivity contribution is 5.23. The first kappa shape index (κ1) is 22.4. The lowest BCUT2D eigenvalue weighted by Crippen LogP contribution is -2.30. The van der Waals surface area contributed by atoms with E-state index in [4.69, 9.17) is 9.57 Å². The van der Waals surface area contributed by atoms with Gasteiger partial charge in [-0.15, -0.1) is 5.06 Å². The van der Waals surface area contributed by atoms with E-state index in [1.807, 2.05) is 42.3 Å². The third-order valence-corrected chi connectivity index (χ3v) is 4.80. The molecule has 0 N–H and O–H groups in total. The van der Waals surface area contributed by atoms with Crippen LogP contribution in [0.25, 0.3) is 0 Å². The number of aryl methyl sites for hydroxylation is 1. The topological polar surface area (TPSA) is 21.7 Å². The van der Waals surface area contributed by atoms with Crippen molar-refractivity contribution in [3.8, 4) is 5.75 Å². The maximum atomic E-state index is 6.06. The van der Waals surface area contributed by atoms with Crippen LogP contribution in [-0.2, 0) is 17.7 Å². The highest BCUT2D eigenvalue weighted by Gasteiger charge is 2.09. The molecular formula is C25H37NO2. The van der Waals surface area contributed by atoms with Crippen LogP contribution in [-0.4, -0.2) is 24.8 Å². The molecule has 2 rings (SSSR count). The van der Waals surface area contributed by atoms with Gasteiger partial charge >= 0.3 is 0 Å². The number of hydroxylamine groups is 2. The van der Waals surface area contributed by atoms with Gasteiger partial charge < -0.3 is 9.57 Å². The molecule has 2 aromatic carbocycles. The first-order valence-electron chi connectivity index (χ1n) is 10.8. The molecule has 154 valence electrons. The zero-order chi connectivity index (χ0) is 20.0. The minimum absolute atomic E-state index is 0.664. The van der Waals surface area contributed by atoms with E-state index in [1.54, 1.807) is 0 Å². The average Bonchev–Trinajstić information content (AvgIpc) is 2.69. The van der Waals surface area contributed by atoms with E-state index in [9.17, 15) is 0 Å². The lowest BCUT2D eigenvalue weighted by Gasteiger charge is -2.22. The zero-order valence-corrected chi connectivity index (χ0v) is 17.9. The number of unbranched alkanes of at least 4 members (excludes halogenated alkanes) is 2. The molecule has 0 atom stereocenters. The predicted octanol–water partition coefficient (Wildman–Crippen LogP) is 6.28. The smallest absolute Gasteiger partial charge is 0.147 e. The van der Waals surface area contributed by atoms with Gasteiger partial charge in [0.15, 0.2) is 0 Å². The van der Waals surface area contributed by atoms with E-state index in [0.29, 0.717) is 6.61 Å². The second-order valence-corrected chi connectivity index (χ2v) is 7.77. The summed E-state index contributed by atoms with van der Waals surface area (Å²) in [5.41, 5.74) is 2.69. The molecule has 28 heavy (non-hydrogen) atoms. The second-order valence-electron chi connectivity index (χ2n) is 7.77. The van der Waals surface area contributed by atoms with Crippen LogP contribution in [0.2, 0.25) is 0 Å². The summed E-state index contributed by atoms with van der Waals surface area (Å²) in [6.07, 6.45) is 6.48. The Hall–Kier alpha value is -1.84. The van der Waals surface area contributed by atoms with Crippen LogP contribution in [0.5, 0.6) is 5.75 Å². The molecule has 2 aromatic rings. The van der Waals surface area contributed by atoms with Crippen LogP contribution < -0.4 is 4.84 Å². The summed E-state index contributed by atoms with van der Waals surface area (Å²) < 4.78 is 5.52. The number of ether oxygens (including phenoxy) is 1. The fraction of sp³-hybridized carbons (Fsp3) is 0.520. The highest BCUT2D eigenvalue weighted by atomic mass is 16.7. The Bertz CT molecular complexity index is 625. The van der Waals surface area contributed by atoms with E-state index in [0.717, 1.165) is 31.4 Å². The molecule has 0 unspecified atom stereocenters. The van der Waals surface area contributed by atoms with Crippen LogP contribution in [0.4, 0.5) is 0 Å². The summed E-state index contributed by atoms with van der Waals surface area (Å²) in [5.74, 6) is 1.68. The monoisotopic (exact) mass is 383 g/mol. The SMILES string of the molecule is CCOCCN(Cc1ccc(CCCCCC(C)C)cc1)Oc1ccccc1. The summed E-state index contributed by atoms with van der Waals surface area (Å²) in [7, 11) is 0. The summed E-state index contributed by atoms with van der Waals surface area (Å²) in [6.45, 7) is 9.50. The Kier molecular flexibility index (Phi) is 10.7. The van der Waals surface area contributed by atoms with Crippen molar-refractivity contribution >= 4 is 0 Å². The molecule has 0 aliphatic carbocycles. The fourth-order valence-corrected chi connectivity index (χ4v) is 3.17. The molecule has 0 aromatic heterocycles. The van der Waals surface area contributed by atoms with Gasteiger partial charge in [0.05, 0.1) is 19.7 Å². The third-order valence-electron chi connectivity index (χ3n) is 4.80. The van der Waals surface area contributed by atoms with Gasteiger partial charge in [-0.05, 0) is 48.9 Å². The van der Waals surface area contributed by atoms with Crippen LogP contribution in [0.15, 0.2) is 54.6 Å². The van der Waals surface area contributed by atoms with Gasteiger partial charge in [0.1, 0.15) is 5.75 Å². The molecule has 0 bridgehead atoms. The van der Waals surface area contributed by atoms with Gasteiger partial charge in [-0.25, -0.2) is 0 Å². The van der Waals surface area contributed by atoms with E-state index < -0.39 is 0 Å². The lowest BCUT2D eigenvalue weighted by molar-refractivity contribution is -0.0819. The van der Waals surface area contributed by atoms with Crippen molar-refractivity contribution in [1.29, 1.82) is 0 Å². The largest absolute Gasteiger partial charge is 0.406 e. The van der Waals surface area contributed by atoms with E-state index in [2.05, 4.69) is 38.1 Å². The number of hydrogen-bond donors (Lipinski definition) is 0. The molecule has 3 heteroatoms. The highest BCUT2D eigenvalue weighted by Crippen LogP contribution is 2.15. The molecule has 0 spiro atoms. The maximum absolute atomic E-state index is 6.06. The van der Waals surface area contributed by atoms with Crippen molar-refractivity contribution < 1.29 is 9.57 Å². The molecule has 0 radical (unpaired) electrons. The van der Waals surface area contributed by atoms with Crippen LogP contribution in [0.3, 0.4) is 0 Å². The van der Waals surface area contributed by atoms with Gasteiger partial charge in [0.25, 0.3) is 0 Å². The molecule has 0 amide bonds. The van der Waals surface area contributed by atoms with Crippen molar-refractivity contribution in [1.82, 2.24) is 5.06 Å². The van der Waals surface area contributed by atoms with Crippen molar-refractivity contribution in [2.24, 2.45) is 5.92 Å². The van der Waals surface area contributed by atoms with E-state index >= 15 is 0 Å². The summed E-state index contributed by atoms with van der Waals surface area (Å²) in [5, 5.41) is 1.98. The number of benzene rings is 2. The first-order valence-corrected chi connectivity index (χ1v) is 10.8. The van der Waals surface area contributed by atoms with E-state index in [1.165, 1.54) is 43.2 Å². The van der Waals surface area contributed by atoms with Crippen molar-refractivity contribution in [3.05, 3.63) is 65.7 Å². The molecule has 3 nitrogen and oxygen atoms in total. The third kappa shape index (κ3) is 9.38. The summed E-state index contributed by atoms with van der Waals surface area (Å²) in [4.78, 5) is 6.06. The Morgan fingerprint density at radius 2 is 1.57 bits per heavy atom. The standard InChI is InChI=1S/C25H37NO2/c1-4-27-20-19-26(28-25-13-9-6-10-14-25)21-24-17-15-23(16-18-24)12-8-5-7-11-22(2)3/h6,9-10,13-18,22H,4-5,7-8,11-12,19-21H2,1-3H3. The van der Waals surface area contributed by atoms with Gasteiger partial charge in [-0.2, -0.15) is 0 Å². The predicted molar refractivity (Wildman–Crippen MR) is 117 cm³/mol. The summed E-state index contributed by atoms with van der Waals surface area (Å²) >= 11 is 0. The minimum Gasteiger partial charge on any atom is -0.406 e. The molecular weight excluding hydrogens is 346 g/mol. The van der Waals surface area contributed by atoms with Crippen molar-refractivity contribution in [3.63, 3.8) is 0 Å². The molecule has 0 aliphatic heterocycles. The van der Waals surface area contributed by atoms with Gasteiger partial charge in [0.2, 0.25) is 0 Å². The van der Waals surface area contributed by atoms with Crippen molar-refractivity contribution in [2.45, 2.75) is 59.4 Å². The second kappa shape index (κ2) is 13.4. The van der Waals surface area contributed by atoms with Crippen LogP contribution in [0, 0.1) is 5.92 Å². The van der Waals surface area contributed by atoms with Crippen molar-refractivity contribution in [2.75, 3.05) is 19.8 Å². The maximum Gasteiger partial charge on any atom is 0.147 e. The number of para-hydroxylation sites is 1. The Balaban J connectivity index is 1.83. The molecule has 0 fully saturated rings. The minimum atomic E-state index is 0.664. The van der Waals surface area contributed by atoms with Crippen LogP contribution in [0.1, 0.15) is 57.6 Å². The number of nitrogens with zero attached hydrogens (tertiary/aromatic N) is 1. The fourth-order valence-electron chi connectivity index (χ4n) is 3.17. The zero-order valence-electron chi connectivity index (χ0n) is 17.9. The quantitative estimate of drug-likeness (QED) is 0.283. The molecule has 0 saturated heterocycles. The lowest BCUT2D eigenvalue weighted by atomic mass is 10.0. The first-order chi connectivity index (χ1) is 13.7. The van der Waals surface area contributed by atoms with Gasteiger partial charge in [0, 0.05) is 6.61 Å². The average molecular weight is 384 g/mol. The van der Waals surface area contributed by atoms with Gasteiger partial charge in [-0.1, -0.05) is 75.6 Å². The summed E-state index contributed by atoms with van der Waals surface area (Å²) in [6, 6.07) is 18.9. The molecule has 0 aliphatic rings. The Labute approximate surface area is 171 Å². The number of rotatable bonds is 14. The molecule has 0 saturated carbocycles. The van der Waals surface area contributed by atoms with Crippen LogP contribution >= 0.6 is 0 Å². The number of hydrogen-bond acceptors (Lipinski definition) is 3.